The van der Waals surface area contributed by atoms with E-state index in [1.807, 2.05) is 5.92 Å². The summed E-state index contributed by atoms with van der Waals surface area (Å²) in [5.74, 6) is 1.87. The van der Waals surface area contributed by atoms with Gasteiger partial charge in [-0.15, -0.1) is 0 Å². The van der Waals surface area contributed by atoms with Crippen molar-refractivity contribution in [2.75, 3.05) is 0 Å². The number of unbranched alkanes of at least 4 members (excludes halogenated alkanes) is 5. The van der Waals surface area contributed by atoms with Crippen LogP contribution in [-0.2, 0) is 0 Å². The van der Waals surface area contributed by atoms with Crippen molar-refractivity contribution < 1.29 is 0 Å². The van der Waals surface area contributed by atoms with Crippen LogP contribution in [0.15, 0.2) is 0 Å². The van der Waals surface area contributed by atoms with Gasteiger partial charge >= 0.3 is 0 Å². The van der Waals surface area contributed by atoms with Gasteiger partial charge in [0.15, 0.2) is 0 Å². The minimum absolute atomic E-state index is 1.37. The minimum atomic E-state index is 1.37. The molecule has 0 unspecified atom stereocenters. The zero-order valence-corrected chi connectivity index (χ0v) is 9.28. The molecule has 0 aliphatic heterocycles. The Hall–Kier alpha value is 0. The van der Waals surface area contributed by atoms with E-state index in [-0.39, 0.29) is 0 Å². The second-order valence-electron chi connectivity index (χ2n) is 4.47. The van der Waals surface area contributed by atoms with E-state index >= 15 is 0 Å². The van der Waals surface area contributed by atoms with Crippen LogP contribution in [-0.4, -0.2) is 0 Å². The van der Waals surface area contributed by atoms with Crippen LogP contribution in [0.2, 0.25) is 0 Å². The molecule has 0 aromatic rings. The lowest BCUT2D eigenvalue weighted by Gasteiger charge is -2.06. The minimum Gasteiger partial charge on any atom is -0.0654 e. The van der Waals surface area contributed by atoms with Gasteiger partial charge < -0.3 is 0 Å². The Morgan fingerprint density at radius 3 is 2.15 bits per heavy atom. The molecule has 0 N–H and O–H groups in total. The molecule has 77 valence electrons. The molecule has 1 fully saturated rings. The molecule has 0 saturated heterocycles. The van der Waals surface area contributed by atoms with E-state index in [0.717, 1.165) is 0 Å². The van der Waals surface area contributed by atoms with Crippen LogP contribution in [0.3, 0.4) is 0 Å². The molecule has 1 radical (unpaired) electrons. The molecule has 1 saturated carbocycles. The van der Waals surface area contributed by atoms with Gasteiger partial charge in [0, 0.05) is 0 Å². The van der Waals surface area contributed by atoms with Gasteiger partial charge in [0.05, 0.1) is 0 Å². The summed E-state index contributed by atoms with van der Waals surface area (Å²) >= 11 is 0. The largest absolute Gasteiger partial charge is 0.0654 e. The van der Waals surface area contributed by atoms with Crippen LogP contribution in [0.4, 0.5) is 0 Å². The van der Waals surface area contributed by atoms with Crippen LogP contribution in [0.5, 0.6) is 0 Å². The first kappa shape index (κ1) is 11.1. The maximum atomic E-state index is 2.29. The molecule has 1 aliphatic carbocycles. The van der Waals surface area contributed by atoms with E-state index in [2.05, 4.69) is 6.92 Å². The Kier molecular flexibility index (Phi) is 6.31. The fourth-order valence-corrected chi connectivity index (χ4v) is 2.28. The molecular weight excluding hydrogens is 156 g/mol. The number of rotatable bonds is 7. The summed E-state index contributed by atoms with van der Waals surface area (Å²) in [6.07, 6.45) is 16.0. The molecule has 13 heavy (non-hydrogen) atoms. The monoisotopic (exact) mass is 181 g/mol. The highest BCUT2D eigenvalue weighted by molar-refractivity contribution is 4.93. The van der Waals surface area contributed by atoms with Gasteiger partial charge in [-0.05, 0) is 25.2 Å². The summed E-state index contributed by atoms with van der Waals surface area (Å²) in [5.41, 5.74) is 0. The summed E-state index contributed by atoms with van der Waals surface area (Å²) in [6.45, 7) is 2.29. The predicted molar refractivity (Wildman–Crippen MR) is 59.7 cm³/mol. The molecule has 0 aromatic carbocycles. The molecule has 1 aliphatic rings. The predicted octanol–water partition coefficient (Wildman–Crippen LogP) is 4.89. The van der Waals surface area contributed by atoms with E-state index in [9.17, 15) is 0 Å². The van der Waals surface area contributed by atoms with Crippen molar-refractivity contribution in [3.8, 4) is 0 Å². The van der Waals surface area contributed by atoms with Crippen molar-refractivity contribution >= 4 is 0 Å². The zero-order valence-electron chi connectivity index (χ0n) is 9.28. The van der Waals surface area contributed by atoms with Gasteiger partial charge in [-0.1, -0.05) is 58.3 Å². The first-order valence-electron chi connectivity index (χ1n) is 6.27. The molecule has 0 heteroatoms. The van der Waals surface area contributed by atoms with Crippen molar-refractivity contribution in [3.05, 3.63) is 5.92 Å². The topological polar surface area (TPSA) is 0 Å². The lowest BCUT2D eigenvalue weighted by molar-refractivity contribution is 0.585. The van der Waals surface area contributed by atoms with E-state index in [1.165, 1.54) is 70.6 Å². The molecule has 0 spiro atoms. The van der Waals surface area contributed by atoms with Crippen molar-refractivity contribution in [1.82, 2.24) is 0 Å². The molecule has 0 bridgehead atoms. The standard InChI is InChI=1S/C13H25/c1-2-3-4-5-6-7-10-13-11-8-9-12-13/h2-12H2,1H3. The van der Waals surface area contributed by atoms with Crippen molar-refractivity contribution in [3.63, 3.8) is 0 Å². The van der Waals surface area contributed by atoms with Gasteiger partial charge in [-0.25, -0.2) is 0 Å². The average Bonchev–Trinajstić information content (AvgIpc) is 2.63. The lowest BCUT2D eigenvalue weighted by atomic mass is 9.99. The maximum Gasteiger partial charge on any atom is -0.0241 e. The summed E-state index contributed by atoms with van der Waals surface area (Å²) in [6, 6.07) is 0. The highest BCUT2D eigenvalue weighted by Gasteiger charge is 2.14. The maximum absolute atomic E-state index is 2.29. The zero-order chi connectivity index (χ0) is 9.36. The smallest absolute Gasteiger partial charge is 0.0241 e. The molecule has 0 atom stereocenters. The van der Waals surface area contributed by atoms with Gasteiger partial charge in [-0.3, -0.25) is 0 Å². The molecule has 0 heterocycles. The average molecular weight is 181 g/mol. The van der Waals surface area contributed by atoms with Gasteiger partial charge in [-0.2, -0.15) is 0 Å². The van der Waals surface area contributed by atoms with Crippen LogP contribution < -0.4 is 0 Å². The fraction of sp³-hybridized carbons (Fsp3) is 0.923. The van der Waals surface area contributed by atoms with Gasteiger partial charge in [0.2, 0.25) is 0 Å². The van der Waals surface area contributed by atoms with Crippen molar-refractivity contribution in [2.24, 2.45) is 0 Å². The third kappa shape index (κ3) is 5.33. The van der Waals surface area contributed by atoms with E-state index in [1.54, 1.807) is 0 Å². The highest BCUT2D eigenvalue weighted by atomic mass is 14.2. The van der Waals surface area contributed by atoms with Gasteiger partial charge in [0.25, 0.3) is 0 Å². The Balaban J connectivity index is 1.78. The molecular formula is C13H25. The van der Waals surface area contributed by atoms with E-state index in [0.29, 0.717) is 0 Å². The number of hydrogen-bond acceptors (Lipinski definition) is 0. The van der Waals surface area contributed by atoms with Gasteiger partial charge in [0.1, 0.15) is 0 Å². The quantitative estimate of drug-likeness (QED) is 0.491. The fourth-order valence-electron chi connectivity index (χ4n) is 2.28. The Bertz CT molecular complexity index is 101. The van der Waals surface area contributed by atoms with Crippen LogP contribution in [0.1, 0.15) is 77.6 Å². The van der Waals surface area contributed by atoms with Crippen LogP contribution in [0.25, 0.3) is 0 Å². The summed E-state index contributed by atoms with van der Waals surface area (Å²) in [4.78, 5) is 0. The number of hydrogen-bond donors (Lipinski definition) is 0. The normalized spacial score (nSPS) is 18.2. The Morgan fingerprint density at radius 1 is 0.846 bits per heavy atom. The summed E-state index contributed by atoms with van der Waals surface area (Å²) < 4.78 is 0. The lowest BCUT2D eigenvalue weighted by Crippen LogP contribution is -1.89. The van der Waals surface area contributed by atoms with Crippen LogP contribution in [0, 0.1) is 5.92 Å². The molecule has 1 rings (SSSR count). The van der Waals surface area contributed by atoms with Crippen molar-refractivity contribution in [2.45, 2.75) is 77.6 Å². The third-order valence-corrected chi connectivity index (χ3v) is 3.19. The van der Waals surface area contributed by atoms with E-state index in [4.69, 9.17) is 0 Å². The SMILES string of the molecule is CCCCCCCC[C]1CCCC1. The molecule has 0 amide bonds. The second kappa shape index (κ2) is 7.41. The molecule has 0 aromatic heterocycles. The Labute approximate surface area is 84.1 Å². The molecule has 0 nitrogen and oxygen atoms in total. The second-order valence-corrected chi connectivity index (χ2v) is 4.47. The van der Waals surface area contributed by atoms with Crippen LogP contribution >= 0.6 is 0 Å². The first-order valence-corrected chi connectivity index (χ1v) is 6.27. The third-order valence-electron chi connectivity index (χ3n) is 3.19. The van der Waals surface area contributed by atoms with E-state index < -0.39 is 0 Å². The van der Waals surface area contributed by atoms with Crippen molar-refractivity contribution in [1.29, 1.82) is 0 Å². The summed E-state index contributed by atoms with van der Waals surface area (Å²) in [5, 5.41) is 0. The highest BCUT2D eigenvalue weighted by Crippen LogP contribution is 2.31. The first-order chi connectivity index (χ1) is 6.43. The Morgan fingerprint density at radius 2 is 1.46 bits per heavy atom. The summed E-state index contributed by atoms with van der Waals surface area (Å²) in [7, 11) is 0.